The molecule has 1 aromatic carbocycles. The van der Waals surface area contributed by atoms with E-state index in [1.165, 1.54) is 35.6 Å². The van der Waals surface area contributed by atoms with Crippen LogP contribution in [0.3, 0.4) is 0 Å². The Balaban J connectivity index is 1.96. The van der Waals surface area contributed by atoms with Gasteiger partial charge in [0.1, 0.15) is 10.8 Å². The summed E-state index contributed by atoms with van der Waals surface area (Å²) in [6.07, 6.45) is 2.30. The fraction of sp³-hybridized carbons (Fsp3) is 0.238. The molecule has 1 aliphatic heterocycles. The molecule has 0 fully saturated rings. The van der Waals surface area contributed by atoms with Crippen molar-refractivity contribution in [3.8, 4) is 16.9 Å². The Labute approximate surface area is 182 Å². The number of rotatable bonds is 7. The summed E-state index contributed by atoms with van der Waals surface area (Å²) in [4.78, 5) is 51.3. The third-order valence-electron chi connectivity index (χ3n) is 4.63. The van der Waals surface area contributed by atoms with Crippen LogP contribution in [0.4, 0.5) is 9.80 Å². The molecule has 10 heteroatoms. The topological polar surface area (TPSA) is 116 Å². The molecular formula is C21H21N3O6S. The number of carboxylic acid groups (broad SMARTS) is 1. The fourth-order valence-corrected chi connectivity index (χ4v) is 3.96. The summed E-state index contributed by atoms with van der Waals surface area (Å²) in [5.74, 6) is -1.50. The van der Waals surface area contributed by atoms with E-state index in [0.717, 1.165) is 16.0 Å². The van der Waals surface area contributed by atoms with E-state index >= 15 is 0 Å². The van der Waals surface area contributed by atoms with Crippen molar-refractivity contribution in [3.05, 3.63) is 48.0 Å². The predicted molar refractivity (Wildman–Crippen MR) is 115 cm³/mol. The van der Waals surface area contributed by atoms with E-state index in [1.54, 1.807) is 24.6 Å². The van der Waals surface area contributed by atoms with Crippen LogP contribution in [0.15, 0.2) is 48.0 Å². The van der Waals surface area contributed by atoms with Gasteiger partial charge < -0.3 is 20.1 Å². The van der Waals surface area contributed by atoms with Gasteiger partial charge in [0.15, 0.2) is 11.8 Å². The summed E-state index contributed by atoms with van der Waals surface area (Å²) in [7, 11) is 3.06. The number of ketones is 1. The van der Waals surface area contributed by atoms with E-state index in [9.17, 15) is 19.2 Å². The average Bonchev–Trinajstić information content (AvgIpc) is 3.23. The molecule has 0 aliphatic carbocycles. The standard InChI is InChI=1S/C21H21N3O6S/c1-23-9-7-16(25)19(20(23)28)24(21(29)22-8-6-18(26)27)17-11-14(12-31-17)13-4-3-5-15(10-13)30-2/h3-5,7,9-12,19H,6,8H2,1-2H3,(H,22,29)(H,26,27). The number of likely N-dealkylation sites (N-methyl/N-ethyl adjacent to an activating group) is 1. The minimum atomic E-state index is -1.38. The minimum Gasteiger partial charge on any atom is -0.497 e. The summed E-state index contributed by atoms with van der Waals surface area (Å²) >= 11 is 1.19. The van der Waals surface area contributed by atoms with Crippen LogP contribution >= 0.6 is 11.3 Å². The summed E-state index contributed by atoms with van der Waals surface area (Å²) in [6.45, 7) is -0.139. The van der Waals surface area contributed by atoms with Crippen LogP contribution in [0.2, 0.25) is 0 Å². The first-order valence-electron chi connectivity index (χ1n) is 9.32. The molecule has 0 saturated carbocycles. The molecule has 3 amide bonds. The van der Waals surface area contributed by atoms with Gasteiger partial charge in [0, 0.05) is 31.2 Å². The third kappa shape index (κ3) is 4.92. The molecule has 162 valence electrons. The maximum atomic E-state index is 12.9. The van der Waals surface area contributed by atoms with E-state index in [2.05, 4.69) is 5.32 Å². The highest BCUT2D eigenvalue weighted by molar-refractivity contribution is 7.14. The van der Waals surface area contributed by atoms with Crippen LogP contribution in [0, 0.1) is 0 Å². The lowest BCUT2D eigenvalue weighted by molar-refractivity contribution is -0.137. The van der Waals surface area contributed by atoms with Crippen LogP contribution in [0.1, 0.15) is 6.42 Å². The van der Waals surface area contributed by atoms with Gasteiger partial charge in [-0.2, -0.15) is 0 Å². The van der Waals surface area contributed by atoms with Gasteiger partial charge in [-0.15, -0.1) is 11.3 Å². The van der Waals surface area contributed by atoms with Gasteiger partial charge >= 0.3 is 12.0 Å². The molecule has 31 heavy (non-hydrogen) atoms. The Kier molecular flexibility index (Phi) is 6.71. The lowest BCUT2D eigenvalue weighted by Gasteiger charge is -2.32. The van der Waals surface area contributed by atoms with Crippen LogP contribution in [-0.4, -0.2) is 60.4 Å². The van der Waals surface area contributed by atoms with Crippen LogP contribution in [0.5, 0.6) is 5.75 Å². The van der Waals surface area contributed by atoms with Crippen molar-refractivity contribution in [1.82, 2.24) is 10.2 Å². The predicted octanol–water partition coefficient (Wildman–Crippen LogP) is 2.34. The summed E-state index contributed by atoms with van der Waals surface area (Å²) < 4.78 is 5.25. The molecule has 0 radical (unpaired) electrons. The van der Waals surface area contributed by atoms with Gasteiger partial charge in [-0.25, -0.2) is 4.79 Å². The third-order valence-corrected chi connectivity index (χ3v) is 5.56. The quantitative estimate of drug-likeness (QED) is 0.635. The van der Waals surface area contributed by atoms with Crippen LogP contribution in [0.25, 0.3) is 11.1 Å². The maximum absolute atomic E-state index is 12.9. The normalized spacial score (nSPS) is 15.7. The number of carboxylic acids is 1. The van der Waals surface area contributed by atoms with Crippen molar-refractivity contribution in [3.63, 3.8) is 0 Å². The number of hydrogen-bond acceptors (Lipinski definition) is 6. The summed E-state index contributed by atoms with van der Waals surface area (Å²) in [5, 5.41) is 13.5. The fourth-order valence-electron chi connectivity index (χ4n) is 3.01. The Morgan fingerprint density at radius 3 is 2.74 bits per heavy atom. The van der Waals surface area contributed by atoms with Crippen LogP contribution < -0.4 is 15.0 Å². The molecule has 0 saturated heterocycles. The zero-order valence-corrected chi connectivity index (χ0v) is 17.7. The van der Waals surface area contributed by atoms with E-state index in [1.807, 2.05) is 18.2 Å². The number of methoxy groups -OCH3 is 1. The van der Waals surface area contributed by atoms with Crippen molar-refractivity contribution >= 4 is 40.0 Å². The highest BCUT2D eigenvalue weighted by atomic mass is 32.1. The van der Waals surface area contributed by atoms with Crippen molar-refractivity contribution in [2.45, 2.75) is 12.5 Å². The van der Waals surface area contributed by atoms with Gasteiger partial charge in [0.25, 0.3) is 5.91 Å². The van der Waals surface area contributed by atoms with E-state index in [4.69, 9.17) is 9.84 Å². The van der Waals surface area contributed by atoms with Gasteiger partial charge in [-0.3, -0.25) is 19.3 Å². The molecular weight excluding hydrogens is 422 g/mol. The first kappa shape index (κ1) is 22.0. The molecule has 1 unspecified atom stereocenters. The van der Waals surface area contributed by atoms with Gasteiger partial charge in [0.05, 0.1) is 13.5 Å². The van der Waals surface area contributed by atoms with Gasteiger partial charge in [-0.1, -0.05) is 12.1 Å². The number of carbonyl (C=O) groups is 4. The molecule has 3 rings (SSSR count). The smallest absolute Gasteiger partial charge is 0.323 e. The average molecular weight is 443 g/mol. The van der Waals surface area contributed by atoms with Crippen molar-refractivity contribution in [2.75, 3.05) is 25.6 Å². The van der Waals surface area contributed by atoms with Crippen LogP contribution in [-0.2, 0) is 14.4 Å². The number of aliphatic carboxylic acids is 1. The molecule has 1 aliphatic rings. The number of benzene rings is 1. The van der Waals surface area contributed by atoms with Crippen molar-refractivity contribution in [2.24, 2.45) is 0 Å². The Morgan fingerprint density at radius 2 is 2.03 bits per heavy atom. The zero-order chi connectivity index (χ0) is 22.5. The first-order chi connectivity index (χ1) is 14.8. The van der Waals surface area contributed by atoms with E-state index in [-0.39, 0.29) is 13.0 Å². The Morgan fingerprint density at radius 1 is 1.26 bits per heavy atom. The lowest BCUT2D eigenvalue weighted by atomic mass is 10.1. The van der Waals surface area contributed by atoms with Crippen molar-refractivity contribution < 1.29 is 29.0 Å². The number of thiophene rings is 1. The first-order valence-corrected chi connectivity index (χ1v) is 10.2. The highest BCUT2D eigenvalue weighted by Gasteiger charge is 2.40. The highest BCUT2D eigenvalue weighted by Crippen LogP contribution is 2.34. The number of ether oxygens (including phenoxy) is 1. The second-order valence-electron chi connectivity index (χ2n) is 6.72. The summed E-state index contributed by atoms with van der Waals surface area (Å²) in [6, 6.07) is 6.94. The van der Waals surface area contributed by atoms with Crippen molar-refractivity contribution in [1.29, 1.82) is 0 Å². The molecule has 1 atom stereocenters. The van der Waals surface area contributed by atoms with Gasteiger partial charge in [-0.05, 0) is 29.3 Å². The number of nitrogens with one attached hydrogen (secondary N) is 1. The lowest BCUT2D eigenvalue weighted by Crippen LogP contribution is -2.57. The number of hydrogen-bond donors (Lipinski definition) is 2. The molecule has 9 nitrogen and oxygen atoms in total. The molecule has 2 aromatic rings. The Bertz CT molecular complexity index is 1050. The maximum Gasteiger partial charge on any atom is 0.323 e. The molecule has 2 N–H and O–H groups in total. The SMILES string of the molecule is COc1cccc(-c2csc(N(C(=O)NCCC(=O)O)C3C(=O)C=CN(C)C3=O)c2)c1. The van der Waals surface area contributed by atoms with Gasteiger partial charge in [0.2, 0.25) is 0 Å². The monoisotopic (exact) mass is 443 g/mol. The second-order valence-corrected chi connectivity index (χ2v) is 7.61. The number of urea groups is 1. The number of nitrogens with zero attached hydrogens (tertiary/aromatic N) is 2. The second kappa shape index (κ2) is 9.43. The number of anilines is 1. The molecule has 0 bridgehead atoms. The largest absolute Gasteiger partial charge is 0.497 e. The van der Waals surface area contributed by atoms with E-state index in [0.29, 0.717) is 10.8 Å². The number of carbonyl (C=O) groups excluding carboxylic acids is 3. The number of amides is 3. The summed E-state index contributed by atoms with van der Waals surface area (Å²) in [5.41, 5.74) is 1.62. The zero-order valence-electron chi connectivity index (χ0n) is 16.9. The van der Waals surface area contributed by atoms with E-state index < -0.39 is 29.7 Å². The molecule has 2 heterocycles. The Hall–Kier alpha value is -3.66. The molecule has 1 aromatic heterocycles. The minimum absolute atomic E-state index is 0.139. The molecule has 0 spiro atoms.